The first-order chi connectivity index (χ1) is 7.49. The monoisotopic (exact) mass is 293 g/mol. The Morgan fingerprint density at radius 1 is 1.62 bits per heavy atom. The minimum absolute atomic E-state index is 0.0495. The molecule has 0 aliphatic rings. The Labute approximate surface area is 99.9 Å². The van der Waals surface area contributed by atoms with Crippen LogP contribution in [0.25, 0.3) is 0 Å². The molecular weight excluding hydrogens is 284 g/mol. The van der Waals surface area contributed by atoms with E-state index in [-0.39, 0.29) is 22.2 Å². The fraction of sp³-hybridized carbons (Fsp3) is 0.400. The van der Waals surface area contributed by atoms with Crippen molar-refractivity contribution in [3.8, 4) is 0 Å². The third-order valence-corrected chi connectivity index (χ3v) is 2.80. The van der Waals surface area contributed by atoms with Gasteiger partial charge in [0, 0.05) is 10.7 Å². The summed E-state index contributed by atoms with van der Waals surface area (Å²) in [5.74, 6) is -0.651. The highest BCUT2D eigenvalue weighted by atomic mass is 79.9. The standard InChI is InChI=1S/C10H10BrF2NO2/c1-3-16-10(15)7-5(2)14-4-6(8(7)11)9(12)13/h4,9H,3H2,1-2H3. The van der Waals surface area contributed by atoms with E-state index in [2.05, 4.69) is 20.9 Å². The second-order valence-electron chi connectivity index (χ2n) is 3.01. The quantitative estimate of drug-likeness (QED) is 0.803. The van der Waals surface area contributed by atoms with Crippen LogP contribution in [-0.2, 0) is 4.74 Å². The molecule has 3 nitrogen and oxygen atoms in total. The molecule has 0 unspecified atom stereocenters. The summed E-state index contributed by atoms with van der Waals surface area (Å²) in [6.45, 7) is 3.39. The van der Waals surface area contributed by atoms with Gasteiger partial charge in [-0.2, -0.15) is 0 Å². The van der Waals surface area contributed by atoms with Crippen LogP contribution < -0.4 is 0 Å². The molecule has 88 valence electrons. The number of aromatic nitrogens is 1. The molecule has 1 aromatic rings. The Hall–Kier alpha value is -1.04. The summed E-state index contributed by atoms with van der Waals surface area (Å²) in [7, 11) is 0. The highest BCUT2D eigenvalue weighted by Crippen LogP contribution is 2.31. The van der Waals surface area contributed by atoms with Gasteiger partial charge < -0.3 is 4.74 Å². The molecule has 0 aliphatic heterocycles. The second kappa shape index (κ2) is 5.34. The molecule has 0 amide bonds. The maximum atomic E-state index is 12.6. The molecule has 0 radical (unpaired) electrons. The van der Waals surface area contributed by atoms with Gasteiger partial charge in [-0.3, -0.25) is 4.98 Å². The van der Waals surface area contributed by atoms with Gasteiger partial charge in [-0.15, -0.1) is 0 Å². The van der Waals surface area contributed by atoms with Gasteiger partial charge in [0.25, 0.3) is 6.43 Å². The van der Waals surface area contributed by atoms with E-state index in [0.717, 1.165) is 6.20 Å². The van der Waals surface area contributed by atoms with Gasteiger partial charge in [-0.25, -0.2) is 13.6 Å². The van der Waals surface area contributed by atoms with Crippen molar-refractivity contribution < 1.29 is 18.3 Å². The molecule has 1 aromatic heterocycles. The van der Waals surface area contributed by atoms with E-state index >= 15 is 0 Å². The lowest BCUT2D eigenvalue weighted by Crippen LogP contribution is -2.10. The minimum Gasteiger partial charge on any atom is -0.462 e. The number of esters is 1. The number of pyridine rings is 1. The van der Waals surface area contributed by atoms with E-state index in [4.69, 9.17) is 4.74 Å². The maximum absolute atomic E-state index is 12.6. The fourth-order valence-electron chi connectivity index (χ4n) is 1.18. The summed E-state index contributed by atoms with van der Waals surface area (Å²) >= 11 is 2.98. The molecule has 0 aromatic carbocycles. The van der Waals surface area contributed by atoms with Gasteiger partial charge in [0.05, 0.1) is 23.4 Å². The van der Waals surface area contributed by atoms with E-state index in [9.17, 15) is 13.6 Å². The third-order valence-electron chi connectivity index (χ3n) is 1.95. The van der Waals surface area contributed by atoms with Crippen LogP contribution in [0.2, 0.25) is 0 Å². The van der Waals surface area contributed by atoms with E-state index in [1.807, 2.05) is 0 Å². The largest absolute Gasteiger partial charge is 0.462 e. The zero-order valence-corrected chi connectivity index (χ0v) is 10.3. The molecule has 1 rings (SSSR count). The fourth-order valence-corrected chi connectivity index (χ4v) is 1.91. The number of nitrogens with zero attached hydrogens (tertiary/aromatic N) is 1. The van der Waals surface area contributed by atoms with Crippen LogP contribution in [0.3, 0.4) is 0 Å². The van der Waals surface area contributed by atoms with Crippen LogP contribution in [0, 0.1) is 6.92 Å². The second-order valence-corrected chi connectivity index (χ2v) is 3.80. The first-order valence-corrected chi connectivity index (χ1v) is 5.38. The molecule has 0 saturated heterocycles. The lowest BCUT2D eigenvalue weighted by molar-refractivity contribution is 0.0523. The summed E-state index contributed by atoms with van der Waals surface area (Å²) in [4.78, 5) is 15.3. The summed E-state index contributed by atoms with van der Waals surface area (Å²) in [6.07, 6.45) is -1.64. The predicted octanol–water partition coefficient (Wildman–Crippen LogP) is 3.27. The lowest BCUT2D eigenvalue weighted by atomic mass is 10.1. The Bertz CT molecular complexity index is 410. The third kappa shape index (κ3) is 2.55. The zero-order chi connectivity index (χ0) is 12.3. The van der Waals surface area contributed by atoms with Gasteiger partial charge in [-0.05, 0) is 29.8 Å². The topological polar surface area (TPSA) is 39.2 Å². The number of ether oxygens (including phenoxy) is 1. The van der Waals surface area contributed by atoms with Crippen LogP contribution in [0.1, 0.15) is 35.0 Å². The maximum Gasteiger partial charge on any atom is 0.341 e. The summed E-state index contributed by atoms with van der Waals surface area (Å²) < 4.78 is 30.0. The molecule has 0 saturated carbocycles. The highest BCUT2D eigenvalue weighted by Gasteiger charge is 2.22. The van der Waals surface area contributed by atoms with Crippen molar-refractivity contribution in [3.63, 3.8) is 0 Å². The van der Waals surface area contributed by atoms with Crippen molar-refractivity contribution in [2.24, 2.45) is 0 Å². The normalized spacial score (nSPS) is 10.6. The average Bonchev–Trinajstić information content (AvgIpc) is 2.17. The molecule has 0 atom stereocenters. The molecular formula is C10H10BrF2NO2. The zero-order valence-electron chi connectivity index (χ0n) is 8.76. The first kappa shape index (κ1) is 13.0. The molecule has 16 heavy (non-hydrogen) atoms. The Morgan fingerprint density at radius 2 is 2.25 bits per heavy atom. The SMILES string of the molecule is CCOC(=O)c1c(C)ncc(C(F)F)c1Br. The van der Waals surface area contributed by atoms with Crippen molar-refractivity contribution in [3.05, 3.63) is 27.5 Å². The number of aryl methyl sites for hydroxylation is 1. The number of hydrogen-bond donors (Lipinski definition) is 0. The van der Waals surface area contributed by atoms with E-state index in [0.29, 0.717) is 5.69 Å². The first-order valence-electron chi connectivity index (χ1n) is 4.59. The van der Waals surface area contributed by atoms with Crippen LogP contribution >= 0.6 is 15.9 Å². The molecule has 0 bridgehead atoms. The van der Waals surface area contributed by atoms with Crippen molar-refractivity contribution in [2.45, 2.75) is 20.3 Å². The van der Waals surface area contributed by atoms with Crippen LogP contribution in [0.15, 0.2) is 10.7 Å². The molecule has 6 heteroatoms. The number of carbonyl (C=O) groups excluding carboxylic acids is 1. The van der Waals surface area contributed by atoms with Crippen LogP contribution in [0.5, 0.6) is 0 Å². The summed E-state index contributed by atoms with van der Waals surface area (Å²) in [6, 6.07) is 0. The van der Waals surface area contributed by atoms with Crippen molar-refractivity contribution >= 4 is 21.9 Å². The number of alkyl halides is 2. The Balaban J connectivity index is 3.26. The van der Waals surface area contributed by atoms with E-state index < -0.39 is 12.4 Å². The molecule has 0 aliphatic carbocycles. The van der Waals surface area contributed by atoms with Crippen molar-refractivity contribution in [2.75, 3.05) is 6.61 Å². The number of rotatable bonds is 3. The van der Waals surface area contributed by atoms with Gasteiger partial charge >= 0.3 is 5.97 Å². The Morgan fingerprint density at radius 3 is 2.75 bits per heavy atom. The highest BCUT2D eigenvalue weighted by molar-refractivity contribution is 9.10. The summed E-state index contributed by atoms with van der Waals surface area (Å²) in [5, 5.41) is 0. The van der Waals surface area contributed by atoms with E-state index in [1.54, 1.807) is 13.8 Å². The van der Waals surface area contributed by atoms with E-state index in [1.165, 1.54) is 0 Å². The van der Waals surface area contributed by atoms with Gasteiger partial charge in [0.2, 0.25) is 0 Å². The minimum atomic E-state index is -2.68. The van der Waals surface area contributed by atoms with Gasteiger partial charge in [0.1, 0.15) is 0 Å². The predicted molar refractivity (Wildman–Crippen MR) is 57.6 cm³/mol. The van der Waals surface area contributed by atoms with Gasteiger partial charge in [-0.1, -0.05) is 0 Å². The van der Waals surface area contributed by atoms with Crippen LogP contribution in [0.4, 0.5) is 8.78 Å². The molecule has 0 spiro atoms. The smallest absolute Gasteiger partial charge is 0.341 e. The van der Waals surface area contributed by atoms with Crippen molar-refractivity contribution in [1.82, 2.24) is 4.98 Å². The van der Waals surface area contributed by atoms with Crippen LogP contribution in [-0.4, -0.2) is 17.6 Å². The van der Waals surface area contributed by atoms with Crippen molar-refractivity contribution in [1.29, 1.82) is 0 Å². The lowest BCUT2D eigenvalue weighted by Gasteiger charge is -2.10. The number of hydrogen-bond acceptors (Lipinski definition) is 3. The number of carbonyl (C=O) groups is 1. The summed E-state index contributed by atoms with van der Waals surface area (Å²) in [5.41, 5.74) is 0.100. The van der Waals surface area contributed by atoms with Gasteiger partial charge in [0.15, 0.2) is 0 Å². The average molecular weight is 294 g/mol. The number of halogens is 3. The Kier molecular flexibility index (Phi) is 4.35. The molecule has 0 N–H and O–H groups in total. The molecule has 1 heterocycles. The molecule has 0 fully saturated rings.